The molecule has 2 aromatic carbocycles. The van der Waals surface area contributed by atoms with Crippen LogP contribution in [-0.2, 0) is 11.8 Å². The van der Waals surface area contributed by atoms with Crippen LogP contribution in [0.3, 0.4) is 0 Å². The van der Waals surface area contributed by atoms with Gasteiger partial charge in [0, 0.05) is 4.90 Å². The van der Waals surface area contributed by atoms with E-state index < -0.39 is 0 Å². The predicted molar refractivity (Wildman–Crippen MR) is 114 cm³/mol. The Balaban J connectivity index is 2.34. The van der Waals surface area contributed by atoms with E-state index in [0.29, 0.717) is 4.90 Å². The molecular weight excluding hydrogens is 353 g/mol. The van der Waals surface area contributed by atoms with Crippen molar-refractivity contribution in [1.82, 2.24) is 0 Å². The molecule has 0 heterocycles. The molecule has 0 atom stereocenters. The second-order valence-electron chi connectivity index (χ2n) is 7.72. The summed E-state index contributed by atoms with van der Waals surface area (Å²) in [5.41, 5.74) is 8.45. The van der Waals surface area contributed by atoms with Crippen LogP contribution in [0.4, 0.5) is 3.89 Å². The first kappa shape index (κ1) is 19.7. The van der Waals surface area contributed by atoms with E-state index in [2.05, 4.69) is 38.6 Å². The molecule has 3 rings (SSSR count). The fourth-order valence-electron chi connectivity index (χ4n) is 4.25. The van der Waals surface area contributed by atoms with Crippen molar-refractivity contribution in [1.29, 1.82) is 5.26 Å². The standard InChI is InChI=1S/C24H26FNS/c1-6-20-16(4)10-19(27-25)13-23(20)22-12-18(24(14-26)8-7-9-24)11-21(15(2)3)17(22)5/h10-13H,2,6-9H2,1,3-5H3. The molecule has 0 aliphatic heterocycles. The lowest BCUT2D eigenvalue weighted by atomic mass is 9.64. The molecule has 0 radical (unpaired) electrons. The molecule has 2 aromatic rings. The number of hydrogen-bond donors (Lipinski definition) is 0. The fourth-order valence-corrected chi connectivity index (χ4v) is 4.63. The van der Waals surface area contributed by atoms with Crippen LogP contribution < -0.4 is 0 Å². The van der Waals surface area contributed by atoms with Gasteiger partial charge in [-0.2, -0.15) is 9.15 Å². The van der Waals surface area contributed by atoms with Crippen LogP contribution in [0.15, 0.2) is 35.7 Å². The van der Waals surface area contributed by atoms with E-state index in [9.17, 15) is 9.15 Å². The maximum Gasteiger partial charge on any atom is 0.0822 e. The van der Waals surface area contributed by atoms with Gasteiger partial charge in [0.25, 0.3) is 0 Å². The maximum atomic E-state index is 13.4. The fraction of sp³-hybridized carbons (Fsp3) is 0.375. The third-order valence-electron chi connectivity index (χ3n) is 6.02. The first-order valence-corrected chi connectivity index (χ1v) is 10.2. The highest BCUT2D eigenvalue weighted by molar-refractivity contribution is 7.94. The molecule has 1 saturated carbocycles. The zero-order valence-corrected chi connectivity index (χ0v) is 17.4. The smallest absolute Gasteiger partial charge is 0.0822 e. The van der Waals surface area contributed by atoms with E-state index in [1.54, 1.807) is 0 Å². The van der Waals surface area contributed by atoms with Crippen molar-refractivity contribution < 1.29 is 3.89 Å². The van der Waals surface area contributed by atoms with Crippen molar-refractivity contribution >= 4 is 17.7 Å². The summed E-state index contributed by atoms with van der Waals surface area (Å²) < 4.78 is 13.4. The van der Waals surface area contributed by atoms with Gasteiger partial charge in [0.1, 0.15) is 0 Å². The number of hydrogen-bond acceptors (Lipinski definition) is 2. The number of halogens is 1. The summed E-state index contributed by atoms with van der Waals surface area (Å²) in [5, 5.41) is 9.85. The first-order chi connectivity index (χ1) is 12.9. The summed E-state index contributed by atoms with van der Waals surface area (Å²) in [6.45, 7) is 12.5. The third-order valence-corrected chi connectivity index (χ3v) is 6.43. The molecule has 27 heavy (non-hydrogen) atoms. The molecule has 0 aromatic heterocycles. The lowest BCUT2D eigenvalue weighted by Crippen LogP contribution is -2.32. The summed E-state index contributed by atoms with van der Waals surface area (Å²) >= 11 is 0.287. The Morgan fingerprint density at radius 2 is 1.93 bits per heavy atom. The molecule has 0 N–H and O–H groups in total. The first-order valence-electron chi connectivity index (χ1n) is 9.51. The van der Waals surface area contributed by atoms with E-state index in [0.717, 1.165) is 64.6 Å². The number of rotatable bonds is 5. The molecule has 0 unspecified atom stereocenters. The Bertz CT molecular complexity index is 948. The van der Waals surface area contributed by atoms with Gasteiger partial charge < -0.3 is 0 Å². The van der Waals surface area contributed by atoms with Crippen molar-refractivity contribution in [3.63, 3.8) is 0 Å². The molecule has 1 fully saturated rings. The van der Waals surface area contributed by atoms with Gasteiger partial charge in [-0.25, -0.2) is 0 Å². The van der Waals surface area contributed by atoms with Crippen LogP contribution in [0.1, 0.15) is 60.9 Å². The quantitative estimate of drug-likeness (QED) is 0.537. The summed E-state index contributed by atoms with van der Waals surface area (Å²) in [6.07, 6.45) is 3.78. The van der Waals surface area contributed by atoms with Crippen LogP contribution in [0, 0.1) is 25.2 Å². The molecule has 1 aliphatic rings. The van der Waals surface area contributed by atoms with E-state index >= 15 is 0 Å². The highest BCUT2D eigenvalue weighted by Gasteiger charge is 2.39. The summed E-state index contributed by atoms with van der Waals surface area (Å²) in [4.78, 5) is 0.625. The molecule has 0 bridgehead atoms. The van der Waals surface area contributed by atoms with Crippen molar-refractivity contribution in [2.75, 3.05) is 0 Å². The van der Waals surface area contributed by atoms with Gasteiger partial charge in [-0.1, -0.05) is 19.1 Å². The molecule has 0 saturated heterocycles. The normalized spacial score (nSPS) is 15.1. The average molecular weight is 380 g/mol. The van der Waals surface area contributed by atoms with Crippen molar-refractivity contribution in [3.05, 3.63) is 58.7 Å². The molecule has 140 valence electrons. The minimum Gasteiger partial charge on any atom is -0.197 e. The molecule has 3 heteroatoms. The molecule has 1 nitrogen and oxygen atoms in total. The second-order valence-corrected chi connectivity index (χ2v) is 8.35. The van der Waals surface area contributed by atoms with Gasteiger partial charge in [-0.3, -0.25) is 0 Å². The Kier molecular flexibility index (Phi) is 5.49. The van der Waals surface area contributed by atoms with Gasteiger partial charge in [-0.05, 0) is 110 Å². The molecule has 0 spiro atoms. The summed E-state index contributed by atoms with van der Waals surface area (Å²) in [6, 6.07) is 10.7. The zero-order valence-electron chi connectivity index (χ0n) is 16.6. The summed E-state index contributed by atoms with van der Waals surface area (Å²) in [7, 11) is 0. The van der Waals surface area contributed by atoms with E-state index in [4.69, 9.17) is 0 Å². The Morgan fingerprint density at radius 3 is 2.41 bits per heavy atom. The van der Waals surface area contributed by atoms with Crippen molar-refractivity contribution in [3.8, 4) is 17.2 Å². The maximum absolute atomic E-state index is 13.4. The SMILES string of the molecule is C=C(C)c1cc(C2(C#N)CCC2)cc(-c2cc(SF)cc(C)c2CC)c1C. The molecular formula is C24H26FNS. The van der Waals surface area contributed by atoms with Gasteiger partial charge in [0.15, 0.2) is 0 Å². The summed E-state index contributed by atoms with van der Waals surface area (Å²) in [5.74, 6) is 0. The molecule has 0 amide bonds. The Hall–Kier alpha value is -2.05. The minimum absolute atomic E-state index is 0.287. The largest absolute Gasteiger partial charge is 0.197 e. The highest BCUT2D eigenvalue weighted by Crippen LogP contribution is 2.46. The topological polar surface area (TPSA) is 23.8 Å². The van der Waals surface area contributed by atoms with Crippen LogP contribution >= 0.6 is 12.1 Å². The zero-order chi connectivity index (χ0) is 19.8. The Labute approximate surface area is 166 Å². The number of nitrogens with zero attached hydrogens (tertiary/aromatic N) is 1. The van der Waals surface area contributed by atoms with Crippen LogP contribution in [0.5, 0.6) is 0 Å². The minimum atomic E-state index is -0.388. The highest BCUT2D eigenvalue weighted by atomic mass is 32.2. The van der Waals surface area contributed by atoms with Crippen LogP contribution in [-0.4, -0.2) is 0 Å². The third kappa shape index (κ3) is 3.32. The van der Waals surface area contributed by atoms with E-state index in [1.165, 1.54) is 5.56 Å². The van der Waals surface area contributed by atoms with Gasteiger partial charge in [0.2, 0.25) is 0 Å². The predicted octanol–water partition coefficient (Wildman–Crippen LogP) is 7.49. The number of allylic oxidation sites excluding steroid dienone is 1. The van der Waals surface area contributed by atoms with E-state index in [1.807, 2.05) is 26.0 Å². The number of nitriles is 1. The van der Waals surface area contributed by atoms with Crippen LogP contribution in [0.25, 0.3) is 16.7 Å². The van der Waals surface area contributed by atoms with Gasteiger partial charge in [0.05, 0.1) is 23.6 Å². The van der Waals surface area contributed by atoms with Gasteiger partial charge in [-0.15, -0.1) is 0 Å². The number of aryl methyl sites for hydroxylation is 1. The van der Waals surface area contributed by atoms with E-state index in [-0.39, 0.29) is 17.6 Å². The lowest BCUT2D eigenvalue weighted by molar-refractivity contribution is 0.324. The van der Waals surface area contributed by atoms with Crippen molar-refractivity contribution in [2.45, 2.75) is 63.7 Å². The number of benzene rings is 2. The Morgan fingerprint density at radius 1 is 1.22 bits per heavy atom. The second kappa shape index (κ2) is 7.52. The van der Waals surface area contributed by atoms with Crippen molar-refractivity contribution in [2.24, 2.45) is 0 Å². The lowest BCUT2D eigenvalue weighted by Gasteiger charge is -2.36. The molecule has 1 aliphatic carbocycles. The van der Waals surface area contributed by atoms with Gasteiger partial charge >= 0.3 is 0 Å². The monoisotopic (exact) mass is 379 g/mol. The van der Waals surface area contributed by atoms with Crippen LogP contribution in [0.2, 0.25) is 0 Å². The average Bonchev–Trinajstić information content (AvgIpc) is 2.61.